The molecule has 47 heavy (non-hydrogen) atoms. The van der Waals surface area contributed by atoms with Gasteiger partial charge in [-0.1, -0.05) is 66.7 Å². The van der Waals surface area contributed by atoms with Crippen LogP contribution in [0.25, 0.3) is 16.7 Å². The molecular formula is C37H35ClF2N4O3. The third-order valence-corrected chi connectivity index (χ3v) is 8.50. The lowest BCUT2D eigenvalue weighted by molar-refractivity contribution is -0.127. The molecule has 10 heteroatoms. The van der Waals surface area contributed by atoms with E-state index in [9.17, 15) is 14.4 Å². The molecule has 4 aromatic rings. The molecule has 2 heterocycles. The molecule has 1 fully saturated rings. The van der Waals surface area contributed by atoms with Gasteiger partial charge in [0.15, 0.2) is 0 Å². The Labute approximate surface area is 278 Å². The van der Waals surface area contributed by atoms with Crippen LogP contribution in [0.5, 0.6) is 0 Å². The highest BCUT2D eigenvalue weighted by Crippen LogP contribution is 2.43. The number of alkyl halides is 2. The number of para-hydroxylation sites is 1. The SMILES string of the molecule is CN1CCN(C(=O)/C=C2/c3ccccc3N(C(=O)c3ccc(NC(=O)c4ccccc4-c4ccccc4)cc3)CCC2(F)F)CC1.Cl. The van der Waals surface area contributed by atoms with Crippen molar-refractivity contribution in [3.05, 3.63) is 126 Å². The fourth-order valence-electron chi connectivity index (χ4n) is 5.88. The summed E-state index contributed by atoms with van der Waals surface area (Å²) in [5, 5.41) is 2.89. The number of hydrogen-bond donors (Lipinski definition) is 1. The number of likely N-dealkylation sites (N-methyl/N-ethyl adjacent to an activating group) is 1. The smallest absolute Gasteiger partial charge is 0.275 e. The molecule has 0 radical (unpaired) electrons. The van der Waals surface area contributed by atoms with Gasteiger partial charge in [-0.2, -0.15) is 0 Å². The average Bonchev–Trinajstić information content (AvgIpc) is 3.18. The molecular weight excluding hydrogens is 622 g/mol. The molecule has 2 aliphatic heterocycles. The fourth-order valence-corrected chi connectivity index (χ4v) is 5.88. The van der Waals surface area contributed by atoms with Crippen molar-refractivity contribution in [3.8, 4) is 11.1 Å². The van der Waals surface area contributed by atoms with Crippen molar-refractivity contribution in [1.82, 2.24) is 9.80 Å². The lowest BCUT2D eigenvalue weighted by Gasteiger charge is -2.32. The number of nitrogens with zero attached hydrogens (tertiary/aromatic N) is 3. The second-order valence-corrected chi connectivity index (χ2v) is 11.6. The van der Waals surface area contributed by atoms with Crippen molar-refractivity contribution >= 4 is 47.1 Å². The van der Waals surface area contributed by atoms with Crippen LogP contribution < -0.4 is 10.2 Å². The van der Waals surface area contributed by atoms with E-state index < -0.39 is 24.2 Å². The Balaban J connectivity index is 0.00000433. The van der Waals surface area contributed by atoms with Crippen molar-refractivity contribution in [2.75, 3.05) is 50.0 Å². The number of piperazine rings is 1. The molecule has 2 aliphatic rings. The molecule has 0 unspecified atom stereocenters. The number of allylic oxidation sites excluding steroid dienone is 1. The predicted octanol–water partition coefficient (Wildman–Crippen LogP) is 6.87. The average molecular weight is 657 g/mol. The van der Waals surface area contributed by atoms with E-state index in [4.69, 9.17) is 0 Å². The van der Waals surface area contributed by atoms with Crippen molar-refractivity contribution in [1.29, 1.82) is 0 Å². The van der Waals surface area contributed by atoms with Crippen molar-refractivity contribution in [2.24, 2.45) is 0 Å². The Hall–Kier alpha value is -4.86. The second-order valence-electron chi connectivity index (χ2n) is 11.6. The number of rotatable bonds is 5. The molecule has 0 aromatic heterocycles. The topological polar surface area (TPSA) is 73.0 Å². The number of fused-ring (bicyclic) bond motifs is 1. The lowest BCUT2D eigenvalue weighted by Crippen LogP contribution is -2.46. The van der Waals surface area contributed by atoms with Crippen molar-refractivity contribution in [2.45, 2.75) is 12.3 Å². The summed E-state index contributed by atoms with van der Waals surface area (Å²) in [6, 6.07) is 29.8. The van der Waals surface area contributed by atoms with Crippen LogP contribution in [0.1, 0.15) is 32.7 Å². The van der Waals surface area contributed by atoms with E-state index in [1.54, 1.807) is 59.5 Å². The number of halogens is 3. The molecule has 3 amide bonds. The summed E-state index contributed by atoms with van der Waals surface area (Å²) in [5.74, 6) is -4.53. The minimum atomic E-state index is -3.32. The highest BCUT2D eigenvalue weighted by atomic mass is 35.5. The standard InChI is InChI=1S/C37H34F2N4O3.ClH/c1-41-21-23-42(24-22-41)34(44)25-32-31-13-7-8-14-33(31)43(20-19-37(32,38)39)36(46)27-15-17-28(18-16-27)40-35(45)30-12-6-5-11-29(30)26-9-3-2-4-10-26;/h2-18,25H,19-24H2,1H3,(H,40,45);1H/b32-25-;. The molecule has 242 valence electrons. The van der Waals surface area contributed by atoms with Crippen molar-refractivity contribution < 1.29 is 23.2 Å². The van der Waals surface area contributed by atoms with Gasteiger partial charge >= 0.3 is 0 Å². The van der Waals surface area contributed by atoms with Crippen LogP contribution in [0.2, 0.25) is 0 Å². The zero-order valence-electron chi connectivity index (χ0n) is 25.9. The second kappa shape index (κ2) is 14.3. The molecule has 4 aromatic carbocycles. The number of hydrogen-bond acceptors (Lipinski definition) is 4. The number of amides is 3. The first-order valence-corrected chi connectivity index (χ1v) is 15.3. The van der Waals surface area contributed by atoms with Crippen LogP contribution >= 0.6 is 12.4 Å². The largest absolute Gasteiger partial charge is 0.337 e. The maximum Gasteiger partial charge on any atom is 0.275 e. The number of anilines is 2. The highest BCUT2D eigenvalue weighted by molar-refractivity contribution is 6.11. The molecule has 1 saturated heterocycles. The minimum absolute atomic E-state index is 0. The summed E-state index contributed by atoms with van der Waals surface area (Å²) in [6.45, 7) is 2.04. The number of carbonyl (C=O) groups excluding carboxylic acids is 3. The Kier molecular flexibility index (Phi) is 10.2. The van der Waals surface area contributed by atoms with Crippen LogP contribution in [-0.2, 0) is 4.79 Å². The maximum atomic E-state index is 15.7. The zero-order valence-corrected chi connectivity index (χ0v) is 26.7. The van der Waals surface area contributed by atoms with Gasteiger partial charge in [-0.05, 0) is 54.6 Å². The van der Waals surface area contributed by atoms with Gasteiger partial charge in [0.1, 0.15) is 0 Å². The Morgan fingerprint density at radius 2 is 1.36 bits per heavy atom. The van der Waals surface area contributed by atoms with Crippen LogP contribution in [0.4, 0.5) is 20.2 Å². The first-order chi connectivity index (χ1) is 22.2. The van der Waals surface area contributed by atoms with Gasteiger partial charge in [0.2, 0.25) is 5.91 Å². The summed E-state index contributed by atoms with van der Waals surface area (Å²) >= 11 is 0. The van der Waals surface area contributed by atoms with Gasteiger partial charge in [-0.15, -0.1) is 12.4 Å². The van der Waals surface area contributed by atoms with Crippen LogP contribution in [0, 0.1) is 0 Å². The quantitative estimate of drug-likeness (QED) is 0.238. The fraction of sp³-hybridized carbons (Fsp3) is 0.216. The Morgan fingerprint density at radius 1 is 0.745 bits per heavy atom. The zero-order chi connectivity index (χ0) is 32.3. The predicted molar refractivity (Wildman–Crippen MR) is 183 cm³/mol. The van der Waals surface area contributed by atoms with Crippen molar-refractivity contribution in [3.63, 3.8) is 0 Å². The third kappa shape index (κ3) is 7.26. The maximum absolute atomic E-state index is 15.7. The molecule has 0 spiro atoms. The summed E-state index contributed by atoms with van der Waals surface area (Å²) < 4.78 is 31.3. The van der Waals surface area contributed by atoms with E-state index in [-0.39, 0.29) is 41.6 Å². The Bertz CT molecular complexity index is 1790. The number of carbonyl (C=O) groups is 3. The van der Waals surface area contributed by atoms with Gasteiger partial charge in [0.05, 0.1) is 5.69 Å². The molecule has 0 atom stereocenters. The van der Waals surface area contributed by atoms with E-state index in [0.29, 0.717) is 43.1 Å². The molecule has 1 N–H and O–H groups in total. The highest BCUT2D eigenvalue weighted by Gasteiger charge is 2.41. The van der Waals surface area contributed by atoms with Crippen LogP contribution in [0.15, 0.2) is 109 Å². The summed E-state index contributed by atoms with van der Waals surface area (Å²) in [5.41, 5.74) is 3.07. The molecule has 0 saturated carbocycles. The molecule has 7 nitrogen and oxygen atoms in total. The van der Waals surface area contributed by atoms with E-state index >= 15 is 8.78 Å². The van der Waals surface area contributed by atoms with Gasteiger partial charge in [0.25, 0.3) is 17.7 Å². The van der Waals surface area contributed by atoms with Gasteiger partial charge in [-0.25, -0.2) is 8.78 Å². The van der Waals surface area contributed by atoms with E-state index in [1.165, 1.54) is 11.0 Å². The van der Waals surface area contributed by atoms with E-state index in [0.717, 1.165) is 17.2 Å². The normalized spacial score (nSPS) is 16.9. The minimum Gasteiger partial charge on any atom is -0.337 e. The van der Waals surface area contributed by atoms with Crippen LogP contribution in [0.3, 0.4) is 0 Å². The van der Waals surface area contributed by atoms with E-state index in [2.05, 4.69) is 10.2 Å². The van der Waals surface area contributed by atoms with Crippen LogP contribution in [-0.4, -0.2) is 73.2 Å². The third-order valence-electron chi connectivity index (χ3n) is 8.50. The lowest BCUT2D eigenvalue weighted by atomic mass is 9.96. The van der Waals surface area contributed by atoms with E-state index in [1.807, 2.05) is 49.5 Å². The first kappa shape index (κ1) is 33.5. The monoisotopic (exact) mass is 656 g/mol. The molecule has 0 bridgehead atoms. The van der Waals surface area contributed by atoms with Gasteiger partial charge < -0.3 is 20.0 Å². The number of nitrogens with one attached hydrogen (secondary N) is 1. The molecule has 6 rings (SSSR count). The van der Waals surface area contributed by atoms with Gasteiger partial charge in [0, 0.05) is 73.2 Å². The molecule has 0 aliphatic carbocycles. The Morgan fingerprint density at radius 3 is 2.06 bits per heavy atom. The number of benzene rings is 4. The summed E-state index contributed by atoms with van der Waals surface area (Å²) in [6.07, 6.45) is 0.412. The van der Waals surface area contributed by atoms with Gasteiger partial charge in [-0.3, -0.25) is 14.4 Å². The first-order valence-electron chi connectivity index (χ1n) is 15.3. The summed E-state index contributed by atoms with van der Waals surface area (Å²) in [4.78, 5) is 45.1. The summed E-state index contributed by atoms with van der Waals surface area (Å²) in [7, 11) is 1.96.